The number of para-hydroxylation sites is 1. The van der Waals surface area contributed by atoms with Gasteiger partial charge in [-0.15, -0.1) is 0 Å². The molecule has 2 N–H and O–H groups in total. The predicted molar refractivity (Wildman–Crippen MR) is 97.2 cm³/mol. The molecule has 1 aliphatic heterocycles. The van der Waals surface area contributed by atoms with Crippen LogP contribution in [0, 0.1) is 0 Å². The van der Waals surface area contributed by atoms with Gasteiger partial charge in [-0.3, -0.25) is 4.79 Å². The second-order valence-corrected chi connectivity index (χ2v) is 6.17. The average Bonchev–Trinajstić information content (AvgIpc) is 2.72. The maximum Gasteiger partial charge on any atom is 0.226 e. The summed E-state index contributed by atoms with van der Waals surface area (Å²) >= 11 is 0. The normalized spacial score (nSPS) is 16.8. The molecule has 120 valence electrons. The van der Waals surface area contributed by atoms with Crippen LogP contribution >= 0.6 is 0 Å². The summed E-state index contributed by atoms with van der Waals surface area (Å²) < 4.78 is 0. The maximum atomic E-state index is 12.0. The van der Waals surface area contributed by atoms with Gasteiger partial charge in [0.15, 0.2) is 0 Å². The Balaban J connectivity index is 2.09. The fourth-order valence-electron chi connectivity index (χ4n) is 2.93. The van der Waals surface area contributed by atoms with Crippen molar-refractivity contribution in [1.29, 1.82) is 0 Å². The molecule has 4 heteroatoms. The van der Waals surface area contributed by atoms with E-state index in [4.69, 9.17) is 0 Å². The lowest BCUT2D eigenvalue weighted by Crippen LogP contribution is -2.21. The predicted octanol–water partition coefficient (Wildman–Crippen LogP) is 3.95. The van der Waals surface area contributed by atoms with E-state index in [1.165, 1.54) is 0 Å². The molecule has 2 aromatic carbocycles. The van der Waals surface area contributed by atoms with Crippen molar-refractivity contribution in [3.63, 3.8) is 0 Å². The number of nitrogens with one attached hydrogen (secondary N) is 2. The maximum absolute atomic E-state index is 12.0. The van der Waals surface area contributed by atoms with Crippen LogP contribution in [-0.4, -0.2) is 26.0 Å². The molecule has 1 heterocycles. The summed E-state index contributed by atoms with van der Waals surface area (Å²) in [7, 11) is 4.08. The van der Waals surface area contributed by atoms with E-state index in [1.54, 1.807) is 0 Å². The summed E-state index contributed by atoms with van der Waals surface area (Å²) in [6.07, 6.45) is 1.42. The zero-order chi connectivity index (χ0) is 16.4. The molecule has 4 nitrogen and oxygen atoms in total. The molecule has 1 amide bonds. The van der Waals surface area contributed by atoms with Crippen molar-refractivity contribution in [2.75, 3.05) is 29.6 Å². The number of carbonyl (C=O) groups excluding carboxylic acids is 1. The molecule has 0 bridgehead atoms. The van der Waals surface area contributed by atoms with Crippen molar-refractivity contribution >= 4 is 23.0 Å². The van der Waals surface area contributed by atoms with Crippen molar-refractivity contribution < 1.29 is 4.79 Å². The minimum absolute atomic E-state index is 0.0716. The van der Waals surface area contributed by atoms with Crippen molar-refractivity contribution in [2.45, 2.75) is 25.8 Å². The highest BCUT2D eigenvalue weighted by Crippen LogP contribution is 2.37. The summed E-state index contributed by atoms with van der Waals surface area (Å²) in [5.74, 6) is 0.0716. The third-order valence-corrected chi connectivity index (χ3v) is 4.29. The third-order valence-electron chi connectivity index (χ3n) is 4.29. The van der Waals surface area contributed by atoms with Gasteiger partial charge in [-0.1, -0.05) is 31.2 Å². The van der Waals surface area contributed by atoms with Crippen LogP contribution in [0.4, 0.5) is 17.1 Å². The SMILES string of the molecule is CC[C@@H]1CC(=O)Nc2cccc(-c3cccc(N(C)C)c3)c2N1. The Morgan fingerprint density at radius 1 is 1.17 bits per heavy atom. The van der Waals surface area contributed by atoms with Crippen LogP contribution in [0.3, 0.4) is 0 Å². The molecule has 2 aromatic rings. The van der Waals surface area contributed by atoms with E-state index in [1.807, 2.05) is 26.2 Å². The van der Waals surface area contributed by atoms with Gasteiger partial charge in [0.25, 0.3) is 0 Å². The zero-order valence-electron chi connectivity index (χ0n) is 13.9. The zero-order valence-corrected chi connectivity index (χ0v) is 13.9. The molecule has 0 radical (unpaired) electrons. The van der Waals surface area contributed by atoms with Gasteiger partial charge in [0.2, 0.25) is 5.91 Å². The Kier molecular flexibility index (Phi) is 4.24. The van der Waals surface area contributed by atoms with Crippen LogP contribution in [-0.2, 0) is 4.79 Å². The highest BCUT2D eigenvalue weighted by atomic mass is 16.1. The van der Waals surface area contributed by atoms with Crippen LogP contribution < -0.4 is 15.5 Å². The molecule has 0 aromatic heterocycles. The summed E-state index contributed by atoms with van der Waals surface area (Å²) in [6.45, 7) is 2.10. The molecule has 0 unspecified atom stereocenters. The van der Waals surface area contributed by atoms with Crippen molar-refractivity contribution in [3.8, 4) is 11.1 Å². The molecule has 1 atom stereocenters. The first-order chi connectivity index (χ1) is 11.1. The first-order valence-corrected chi connectivity index (χ1v) is 8.05. The largest absolute Gasteiger partial charge is 0.380 e. The molecule has 1 aliphatic rings. The van der Waals surface area contributed by atoms with E-state index in [9.17, 15) is 4.79 Å². The molecule has 0 saturated carbocycles. The quantitative estimate of drug-likeness (QED) is 0.902. The lowest BCUT2D eigenvalue weighted by Gasteiger charge is -2.19. The summed E-state index contributed by atoms with van der Waals surface area (Å²) in [5.41, 5.74) is 5.29. The number of nitrogens with zero attached hydrogens (tertiary/aromatic N) is 1. The standard InChI is InChI=1S/C19H23N3O/c1-4-14-12-18(23)21-17-10-6-9-16(19(17)20-14)13-7-5-8-15(11-13)22(2)3/h5-11,14,20H,4,12H2,1-3H3,(H,21,23)/t14-/m1/s1. The van der Waals surface area contributed by atoms with Crippen LogP contribution in [0.25, 0.3) is 11.1 Å². The highest BCUT2D eigenvalue weighted by Gasteiger charge is 2.21. The van der Waals surface area contributed by atoms with Crippen LogP contribution in [0.1, 0.15) is 19.8 Å². The number of hydrogen-bond donors (Lipinski definition) is 2. The summed E-state index contributed by atoms with van der Waals surface area (Å²) in [5, 5.41) is 6.58. The lowest BCUT2D eigenvalue weighted by molar-refractivity contribution is -0.116. The molecule has 0 spiro atoms. The first-order valence-electron chi connectivity index (χ1n) is 8.05. The van der Waals surface area contributed by atoms with E-state index in [0.717, 1.165) is 34.6 Å². The fraction of sp³-hybridized carbons (Fsp3) is 0.316. The smallest absolute Gasteiger partial charge is 0.226 e. The Bertz CT molecular complexity index is 724. The Labute approximate surface area is 137 Å². The minimum atomic E-state index is 0.0716. The Morgan fingerprint density at radius 2 is 1.96 bits per heavy atom. The lowest BCUT2D eigenvalue weighted by atomic mass is 10.0. The molecule has 3 rings (SSSR count). The van der Waals surface area contributed by atoms with E-state index in [-0.39, 0.29) is 11.9 Å². The van der Waals surface area contributed by atoms with Gasteiger partial charge >= 0.3 is 0 Å². The first kappa shape index (κ1) is 15.4. The number of carbonyl (C=O) groups is 1. The van der Waals surface area contributed by atoms with Gasteiger partial charge in [-0.2, -0.15) is 0 Å². The third kappa shape index (κ3) is 3.16. The molecule has 23 heavy (non-hydrogen) atoms. The molecular weight excluding hydrogens is 286 g/mol. The number of hydrogen-bond acceptors (Lipinski definition) is 3. The van der Waals surface area contributed by atoms with Crippen LogP contribution in [0.5, 0.6) is 0 Å². The summed E-state index contributed by atoms with van der Waals surface area (Å²) in [4.78, 5) is 14.1. The number of amides is 1. The highest BCUT2D eigenvalue weighted by molar-refractivity contribution is 6.00. The van der Waals surface area contributed by atoms with Gasteiger partial charge in [0.1, 0.15) is 0 Å². The molecule has 0 fully saturated rings. The van der Waals surface area contributed by atoms with Crippen LogP contribution in [0.15, 0.2) is 42.5 Å². The van der Waals surface area contributed by atoms with Gasteiger partial charge in [-0.05, 0) is 30.2 Å². The van der Waals surface area contributed by atoms with E-state index in [2.05, 4.69) is 52.8 Å². The van der Waals surface area contributed by atoms with Crippen molar-refractivity contribution in [3.05, 3.63) is 42.5 Å². The molecule has 0 aliphatic carbocycles. The van der Waals surface area contributed by atoms with Crippen LogP contribution in [0.2, 0.25) is 0 Å². The van der Waals surface area contributed by atoms with Crippen molar-refractivity contribution in [1.82, 2.24) is 0 Å². The van der Waals surface area contributed by atoms with E-state index in [0.29, 0.717) is 6.42 Å². The van der Waals surface area contributed by atoms with Gasteiger partial charge < -0.3 is 15.5 Å². The second kappa shape index (κ2) is 6.32. The number of anilines is 3. The van der Waals surface area contributed by atoms with E-state index >= 15 is 0 Å². The fourth-order valence-corrected chi connectivity index (χ4v) is 2.93. The topological polar surface area (TPSA) is 44.4 Å². The van der Waals surface area contributed by atoms with E-state index < -0.39 is 0 Å². The number of benzene rings is 2. The second-order valence-electron chi connectivity index (χ2n) is 6.17. The number of fused-ring (bicyclic) bond motifs is 1. The average molecular weight is 309 g/mol. The van der Waals surface area contributed by atoms with Crippen molar-refractivity contribution in [2.24, 2.45) is 0 Å². The van der Waals surface area contributed by atoms with Gasteiger partial charge in [-0.25, -0.2) is 0 Å². The molecule has 0 saturated heterocycles. The monoisotopic (exact) mass is 309 g/mol. The minimum Gasteiger partial charge on any atom is -0.380 e. The Morgan fingerprint density at radius 3 is 2.70 bits per heavy atom. The molecular formula is C19H23N3O. The summed E-state index contributed by atoms with van der Waals surface area (Å²) in [6, 6.07) is 14.6. The van der Waals surface area contributed by atoms with Gasteiger partial charge in [0, 0.05) is 37.8 Å². The number of rotatable bonds is 3. The Hall–Kier alpha value is -2.49. The van der Waals surface area contributed by atoms with Gasteiger partial charge in [0.05, 0.1) is 11.4 Å².